The minimum Gasteiger partial charge on any atom is -0.394 e. The topological polar surface area (TPSA) is 606 Å². The van der Waals surface area contributed by atoms with Crippen LogP contribution in [0.3, 0.4) is 0 Å². The number of rotatable bonds is 67. The molecule has 0 aromatic carbocycles. The number of thioether (sulfide) groups is 1. The predicted octanol–water partition coefficient (Wildman–Crippen LogP) is -5.14. The maximum atomic E-state index is 13.3. The number of primary amides is 2. The largest absolute Gasteiger partial charge is 0.394 e. The van der Waals surface area contributed by atoms with Crippen molar-refractivity contribution in [2.24, 2.45) is 23.3 Å². The Bertz CT molecular complexity index is 2920. The van der Waals surface area contributed by atoms with Crippen molar-refractivity contribution in [1.29, 1.82) is 0 Å². The highest BCUT2D eigenvalue weighted by Gasteiger charge is 2.42. The fourth-order valence-corrected chi connectivity index (χ4v) is 12.5. The van der Waals surface area contributed by atoms with E-state index in [9.17, 15) is 92.3 Å². The van der Waals surface area contributed by atoms with Gasteiger partial charge in [0.15, 0.2) is 0 Å². The number of nitrogens with one attached hydrogen (secondary N) is 15. The number of carbonyl (C=O) groups excluding carboxylic acids is 15. The molecule has 0 aliphatic carbocycles. The third-order valence-corrected chi connectivity index (χ3v) is 19.3. The van der Waals surface area contributed by atoms with E-state index in [2.05, 4.69) is 111 Å². The Hall–Kier alpha value is -8.07. The number of urea groups is 1. The SMILES string of the molecule is CCC=CCCCCNS.C[C@@H](CCCCNC(=O)[C@H](CO)NC(=O)CNC(=O)[C@H](CO)NC(=O)CCCC(=O)N[C@@H](CO)C(=O)NCC(=O)N[C@@H](CO)C(=O)NCCCC[C@H](NC(=O)COCCOCCNC(=O)COCCOCCNC(=O)CCCCC[C@@H]1SC[C@@H]2NC(=O)N[C@@H]21)C(=O)NCCCC[C@H](C)C(N)=O)C(N)=O. The molecule has 652 valence electrons. The molecule has 0 radical (unpaired) electrons. The van der Waals surface area contributed by atoms with Crippen LogP contribution in [-0.4, -0.2) is 294 Å². The van der Waals surface area contributed by atoms with Crippen molar-refractivity contribution in [3.63, 3.8) is 0 Å². The summed E-state index contributed by atoms with van der Waals surface area (Å²) in [6.07, 6.45) is 16.5. The van der Waals surface area contributed by atoms with Crippen molar-refractivity contribution in [2.45, 2.75) is 203 Å². The summed E-state index contributed by atoms with van der Waals surface area (Å²) >= 11 is 5.77. The Morgan fingerprint density at radius 2 is 0.868 bits per heavy atom. The summed E-state index contributed by atoms with van der Waals surface area (Å²) in [6.45, 7) is 2.85. The van der Waals surface area contributed by atoms with Crippen LogP contribution in [0.5, 0.6) is 0 Å². The van der Waals surface area contributed by atoms with Crippen molar-refractivity contribution in [2.75, 3.05) is 137 Å². The molecule has 16 amide bonds. The van der Waals surface area contributed by atoms with Gasteiger partial charge in [-0.1, -0.05) is 71.4 Å². The first-order valence-corrected chi connectivity index (χ1v) is 40.7. The summed E-state index contributed by atoms with van der Waals surface area (Å²) in [5.41, 5.74) is 10.6. The minimum atomic E-state index is -1.57. The van der Waals surface area contributed by atoms with Crippen LogP contribution in [0.2, 0.25) is 0 Å². The number of allylic oxidation sites excluding steroid dienone is 2. The third-order valence-electron chi connectivity index (χ3n) is 17.5. The normalized spacial score (nSPS) is 15.9. The first-order chi connectivity index (χ1) is 54.7. The van der Waals surface area contributed by atoms with Gasteiger partial charge in [0, 0.05) is 81.4 Å². The van der Waals surface area contributed by atoms with E-state index in [0.717, 1.165) is 44.4 Å². The molecule has 0 aromatic rings. The Balaban J connectivity index is 0.00000603. The van der Waals surface area contributed by atoms with Crippen LogP contribution in [0.25, 0.3) is 0 Å². The summed E-state index contributed by atoms with van der Waals surface area (Å²) < 4.78 is 24.5. The molecule has 2 heterocycles. The van der Waals surface area contributed by atoms with E-state index in [0.29, 0.717) is 63.3 Å². The lowest BCUT2D eigenvalue weighted by atomic mass is 10.0. The second-order valence-corrected chi connectivity index (χ2v) is 28.7. The Kier molecular flexibility index (Phi) is 60.3. The molecule has 40 nitrogen and oxygen atoms in total. The zero-order valence-corrected chi connectivity index (χ0v) is 67.9. The second-order valence-electron chi connectivity index (χ2n) is 27.1. The van der Waals surface area contributed by atoms with Crippen LogP contribution >= 0.6 is 24.6 Å². The van der Waals surface area contributed by atoms with E-state index in [-0.39, 0.29) is 146 Å². The molecular formula is C72H129N17O23S2. The molecule has 2 saturated heterocycles. The number of aliphatic hydroxyl groups excluding tert-OH is 4. The third kappa shape index (κ3) is 51.7. The fourth-order valence-electron chi connectivity index (χ4n) is 10.8. The lowest BCUT2D eigenvalue weighted by Crippen LogP contribution is -2.54. The van der Waals surface area contributed by atoms with Crippen molar-refractivity contribution in [3.8, 4) is 0 Å². The Morgan fingerprint density at radius 1 is 0.447 bits per heavy atom. The van der Waals surface area contributed by atoms with Gasteiger partial charge in [0.1, 0.15) is 43.4 Å². The zero-order chi connectivity index (χ0) is 84.7. The molecule has 2 aliphatic rings. The van der Waals surface area contributed by atoms with Gasteiger partial charge in [-0.15, -0.1) is 0 Å². The van der Waals surface area contributed by atoms with Crippen molar-refractivity contribution in [1.82, 2.24) is 79.2 Å². The van der Waals surface area contributed by atoms with Gasteiger partial charge in [0.25, 0.3) is 0 Å². The van der Waals surface area contributed by atoms with Gasteiger partial charge in [0.05, 0.1) is 91.2 Å². The average Bonchev–Trinajstić information content (AvgIpc) is 1.67. The number of fused-ring (bicyclic) bond motifs is 1. The molecule has 0 saturated carbocycles. The average molecular weight is 1670 g/mol. The van der Waals surface area contributed by atoms with Crippen LogP contribution in [0.1, 0.15) is 156 Å². The van der Waals surface area contributed by atoms with Crippen molar-refractivity contribution < 1.29 is 111 Å². The zero-order valence-electron chi connectivity index (χ0n) is 66.2. The first kappa shape index (κ1) is 104. The maximum absolute atomic E-state index is 13.3. The molecule has 0 unspecified atom stereocenters. The molecule has 2 rings (SSSR count). The van der Waals surface area contributed by atoms with E-state index in [1.165, 1.54) is 19.3 Å². The van der Waals surface area contributed by atoms with Gasteiger partial charge in [-0.05, 0) is 89.9 Å². The number of nitrogens with two attached hydrogens (primary N) is 2. The summed E-state index contributed by atoms with van der Waals surface area (Å²) in [5, 5.41) is 74.7. The maximum Gasteiger partial charge on any atom is 0.315 e. The highest BCUT2D eigenvalue weighted by Crippen LogP contribution is 2.33. The van der Waals surface area contributed by atoms with Gasteiger partial charge in [-0.3, -0.25) is 71.8 Å². The highest BCUT2D eigenvalue weighted by molar-refractivity contribution is 8.00. The lowest BCUT2D eigenvalue weighted by Gasteiger charge is -2.20. The van der Waals surface area contributed by atoms with E-state index < -0.39 is 147 Å². The summed E-state index contributed by atoms with van der Waals surface area (Å²) in [6, 6.07) is -6.68. The summed E-state index contributed by atoms with van der Waals surface area (Å²) in [5.74, 6) is -9.12. The number of thiol groups is 1. The molecule has 0 bridgehead atoms. The van der Waals surface area contributed by atoms with Crippen LogP contribution in [0.4, 0.5) is 4.79 Å². The number of unbranched alkanes of at least 4 members (excludes halogenated alkanes) is 7. The van der Waals surface area contributed by atoms with Gasteiger partial charge in [0.2, 0.25) is 82.7 Å². The van der Waals surface area contributed by atoms with Crippen LogP contribution in [0, 0.1) is 11.8 Å². The van der Waals surface area contributed by atoms with E-state index in [1.807, 2.05) is 11.8 Å². The van der Waals surface area contributed by atoms with Gasteiger partial charge in [-0.2, -0.15) is 11.8 Å². The molecule has 42 heteroatoms. The van der Waals surface area contributed by atoms with Gasteiger partial charge in [-0.25, -0.2) is 4.79 Å². The molecule has 114 heavy (non-hydrogen) atoms. The van der Waals surface area contributed by atoms with Crippen LogP contribution in [0.15, 0.2) is 12.2 Å². The molecule has 2 aliphatic heterocycles. The van der Waals surface area contributed by atoms with Gasteiger partial charge >= 0.3 is 6.03 Å². The first-order valence-electron chi connectivity index (χ1n) is 39.2. The highest BCUT2D eigenvalue weighted by atomic mass is 32.2. The number of carbonyl (C=O) groups is 15. The fraction of sp³-hybridized carbons (Fsp3) is 0.764. The lowest BCUT2D eigenvalue weighted by molar-refractivity contribution is -0.133. The minimum absolute atomic E-state index is 0.00305. The number of aliphatic hydroxyl groups is 4. The van der Waals surface area contributed by atoms with Crippen LogP contribution < -0.4 is 90.6 Å². The number of ether oxygens (including phenoxy) is 4. The monoisotopic (exact) mass is 1660 g/mol. The van der Waals surface area contributed by atoms with E-state index >= 15 is 0 Å². The smallest absolute Gasteiger partial charge is 0.315 e. The quantitative estimate of drug-likeness (QED) is 0.0117. The molecule has 10 atom stereocenters. The second kappa shape index (κ2) is 66.1. The predicted molar refractivity (Wildman–Crippen MR) is 423 cm³/mol. The molecule has 2 fully saturated rings. The molecule has 23 N–H and O–H groups in total. The Labute approximate surface area is 676 Å². The number of amides is 16. The van der Waals surface area contributed by atoms with Crippen molar-refractivity contribution >= 4 is 113 Å². The number of hydrogen-bond donors (Lipinski definition) is 22. The summed E-state index contributed by atoms with van der Waals surface area (Å²) in [7, 11) is 0. The van der Waals surface area contributed by atoms with E-state index in [4.69, 9.17) is 30.4 Å². The van der Waals surface area contributed by atoms with E-state index in [1.54, 1.807) is 13.8 Å². The summed E-state index contributed by atoms with van der Waals surface area (Å²) in [4.78, 5) is 186. The van der Waals surface area contributed by atoms with Crippen molar-refractivity contribution in [3.05, 3.63) is 12.2 Å². The van der Waals surface area contributed by atoms with Crippen LogP contribution in [-0.2, 0) is 86.1 Å². The molecule has 0 spiro atoms. The number of hydrogen-bond acceptors (Lipinski definition) is 26. The van der Waals surface area contributed by atoms with Gasteiger partial charge < -0.3 is 125 Å². The molecular weight excluding hydrogens is 1540 g/mol. The standard InChI is InChI=1S/C64H112N16O23S.C8H17NS/c1-40(57(65)92)13-6-9-20-69-59(94)42(74-55(91)38-103-30-28-101-26-24-68-54(90)37-102-29-27-100-25-23-67-49(85)17-5-3-4-16-48-56-47(39-104-48)79-64(99)80-56)15-8-11-22-71-61(96)44(34-82)78-53(89)32-73-63(98)46(36-84)76-51(87)19-12-18-50(86)75-45(35-83)62(97)72-31-52(88)77-43(33-81)60(95)70-21-10-7-14-41(2)58(66)93;1-2-3-4-5-6-7-8-9-10/h40-48,56,81-84H,3-39H2,1-2H3,(H2,65,92)(H2,66,93)(H,67,85)(H,68,90)(H,69,94)(H,70,95)(H,71,96)(H,72,97)(H,73,98)(H,74,91)(H,75,86)(H,76,87)(H,77,88)(H,78,89)(H2,79,80,99);3-4,9-10H,2,5-8H2,1H3/t40-,41-,42-,43-,44-,45-,46-,47-,48-,56-;/m0./s1. The molecule has 0 aromatic heterocycles. The Morgan fingerprint density at radius 3 is 1.34 bits per heavy atom.